The average molecular weight is 255 g/mol. The van der Waals surface area contributed by atoms with Crippen molar-refractivity contribution in [3.05, 3.63) is 35.5 Å². The monoisotopic (exact) mass is 255 g/mol. The third-order valence-electron chi connectivity index (χ3n) is 2.62. The Morgan fingerprint density at radius 3 is 3.05 bits per heavy atom. The molecule has 96 valence electrons. The highest BCUT2D eigenvalue weighted by Gasteiger charge is 2.06. The first-order chi connectivity index (χ1) is 9.26. The summed E-state index contributed by atoms with van der Waals surface area (Å²) in [6.45, 7) is 2.10. The fraction of sp³-hybridized carbons (Fsp3) is 0.200. The van der Waals surface area contributed by atoms with Gasteiger partial charge in [-0.3, -0.25) is 9.59 Å². The molecular formula is C15H13NO3. The van der Waals surface area contributed by atoms with Crippen LogP contribution in [0.4, 0.5) is 0 Å². The molecule has 0 fully saturated rings. The quantitative estimate of drug-likeness (QED) is 0.520. The van der Waals surface area contributed by atoms with Crippen LogP contribution in [-0.2, 0) is 9.53 Å². The van der Waals surface area contributed by atoms with E-state index in [0.717, 1.165) is 22.8 Å². The van der Waals surface area contributed by atoms with Gasteiger partial charge in [0.05, 0.1) is 6.61 Å². The minimum Gasteiger partial charge on any atom is -0.465 e. The number of aromatic amines is 1. The van der Waals surface area contributed by atoms with E-state index in [1.807, 2.05) is 18.2 Å². The van der Waals surface area contributed by atoms with Gasteiger partial charge in [-0.2, -0.15) is 0 Å². The smallest absolute Gasteiger partial charge is 0.317 e. The molecule has 0 radical (unpaired) electrons. The van der Waals surface area contributed by atoms with Crippen molar-refractivity contribution >= 4 is 23.2 Å². The number of fused-ring (bicyclic) bond motifs is 1. The third-order valence-corrected chi connectivity index (χ3v) is 2.62. The SMILES string of the molecule is CCOC(=O)CC#Cc1cccc2[nH]cc(C=O)c12. The molecule has 1 aromatic carbocycles. The molecule has 0 atom stereocenters. The van der Waals surface area contributed by atoms with E-state index in [2.05, 4.69) is 16.8 Å². The fourth-order valence-corrected chi connectivity index (χ4v) is 1.83. The van der Waals surface area contributed by atoms with Gasteiger partial charge in [0.1, 0.15) is 6.42 Å². The zero-order valence-electron chi connectivity index (χ0n) is 10.5. The Labute approximate surface area is 110 Å². The zero-order chi connectivity index (χ0) is 13.7. The maximum absolute atomic E-state index is 11.2. The predicted octanol–water partition coefficient (Wildman–Crippen LogP) is 2.29. The van der Waals surface area contributed by atoms with Crippen molar-refractivity contribution in [2.24, 2.45) is 0 Å². The Bertz CT molecular complexity index is 673. The van der Waals surface area contributed by atoms with E-state index in [-0.39, 0.29) is 12.4 Å². The van der Waals surface area contributed by atoms with Crippen LogP contribution in [0, 0.1) is 11.8 Å². The molecule has 0 saturated carbocycles. The molecular weight excluding hydrogens is 242 g/mol. The third kappa shape index (κ3) is 2.83. The van der Waals surface area contributed by atoms with Gasteiger partial charge in [-0.25, -0.2) is 0 Å². The number of carbonyl (C=O) groups is 2. The molecule has 0 unspecified atom stereocenters. The molecule has 2 aromatic rings. The summed E-state index contributed by atoms with van der Waals surface area (Å²) in [5, 5.41) is 0.786. The highest BCUT2D eigenvalue weighted by Crippen LogP contribution is 2.20. The summed E-state index contributed by atoms with van der Waals surface area (Å²) < 4.78 is 4.79. The lowest BCUT2D eigenvalue weighted by atomic mass is 10.1. The van der Waals surface area contributed by atoms with Crippen LogP contribution in [0.25, 0.3) is 10.9 Å². The molecule has 0 aliphatic carbocycles. The van der Waals surface area contributed by atoms with Crippen molar-refractivity contribution in [3.8, 4) is 11.8 Å². The molecule has 0 amide bonds. The predicted molar refractivity (Wildman–Crippen MR) is 71.8 cm³/mol. The number of ether oxygens (including phenoxy) is 1. The van der Waals surface area contributed by atoms with Gasteiger partial charge in [0, 0.05) is 28.2 Å². The molecule has 0 bridgehead atoms. The van der Waals surface area contributed by atoms with Gasteiger partial charge in [-0.15, -0.1) is 0 Å². The molecule has 0 aliphatic heterocycles. The van der Waals surface area contributed by atoms with Crippen LogP contribution in [0.3, 0.4) is 0 Å². The normalized spacial score (nSPS) is 9.74. The summed E-state index contributed by atoms with van der Waals surface area (Å²) in [7, 11) is 0. The summed E-state index contributed by atoms with van der Waals surface area (Å²) in [6, 6.07) is 5.54. The number of nitrogens with one attached hydrogen (secondary N) is 1. The van der Waals surface area contributed by atoms with E-state index >= 15 is 0 Å². The molecule has 0 saturated heterocycles. The van der Waals surface area contributed by atoms with Crippen LogP contribution in [-0.4, -0.2) is 23.8 Å². The van der Waals surface area contributed by atoms with Gasteiger partial charge in [0.2, 0.25) is 0 Å². The lowest BCUT2D eigenvalue weighted by Crippen LogP contribution is -2.01. The number of esters is 1. The molecule has 0 spiro atoms. The lowest BCUT2D eigenvalue weighted by Gasteiger charge is -1.96. The number of aldehydes is 1. The maximum Gasteiger partial charge on any atom is 0.317 e. The maximum atomic E-state index is 11.2. The van der Waals surface area contributed by atoms with Gasteiger partial charge >= 0.3 is 5.97 Å². The first kappa shape index (κ1) is 12.9. The van der Waals surface area contributed by atoms with Crippen molar-refractivity contribution in [1.29, 1.82) is 0 Å². The number of benzene rings is 1. The number of hydrogen-bond acceptors (Lipinski definition) is 3. The molecule has 1 N–H and O–H groups in total. The van der Waals surface area contributed by atoms with Crippen molar-refractivity contribution in [2.45, 2.75) is 13.3 Å². The summed E-state index contributed by atoms with van der Waals surface area (Å²) in [4.78, 5) is 25.1. The van der Waals surface area contributed by atoms with Gasteiger partial charge in [-0.05, 0) is 19.1 Å². The molecule has 0 aliphatic rings. The van der Waals surface area contributed by atoms with Gasteiger partial charge in [-0.1, -0.05) is 17.9 Å². The summed E-state index contributed by atoms with van der Waals surface area (Å²) >= 11 is 0. The fourth-order valence-electron chi connectivity index (χ4n) is 1.83. The van der Waals surface area contributed by atoms with Crippen molar-refractivity contribution < 1.29 is 14.3 Å². The minimum atomic E-state index is -0.341. The van der Waals surface area contributed by atoms with Crippen LogP contribution in [0.5, 0.6) is 0 Å². The second-order valence-electron chi connectivity index (χ2n) is 3.87. The van der Waals surface area contributed by atoms with Crippen molar-refractivity contribution in [1.82, 2.24) is 4.98 Å². The second kappa shape index (κ2) is 5.87. The number of rotatable bonds is 3. The second-order valence-corrected chi connectivity index (χ2v) is 3.87. The highest BCUT2D eigenvalue weighted by molar-refractivity contribution is 6.00. The number of hydrogen-bond donors (Lipinski definition) is 1. The van der Waals surface area contributed by atoms with E-state index in [9.17, 15) is 9.59 Å². The van der Waals surface area contributed by atoms with Crippen LogP contribution in [0.15, 0.2) is 24.4 Å². The summed E-state index contributed by atoms with van der Waals surface area (Å²) in [5.41, 5.74) is 2.14. The lowest BCUT2D eigenvalue weighted by molar-refractivity contribution is -0.141. The Kier molecular flexibility index (Phi) is 3.99. The molecule has 2 rings (SSSR count). The Hall–Kier alpha value is -2.54. The first-order valence-electron chi connectivity index (χ1n) is 5.96. The average Bonchev–Trinajstić information content (AvgIpc) is 2.83. The van der Waals surface area contributed by atoms with Crippen LogP contribution in [0.1, 0.15) is 29.3 Å². The molecule has 1 heterocycles. The molecule has 19 heavy (non-hydrogen) atoms. The van der Waals surface area contributed by atoms with E-state index in [1.54, 1.807) is 13.1 Å². The highest BCUT2D eigenvalue weighted by atomic mass is 16.5. The number of carbonyl (C=O) groups excluding carboxylic acids is 2. The van der Waals surface area contributed by atoms with Crippen molar-refractivity contribution in [3.63, 3.8) is 0 Å². The Morgan fingerprint density at radius 1 is 1.47 bits per heavy atom. The number of aromatic nitrogens is 1. The largest absolute Gasteiger partial charge is 0.465 e. The van der Waals surface area contributed by atoms with Gasteiger partial charge in [0.25, 0.3) is 0 Å². The van der Waals surface area contributed by atoms with Crippen LogP contribution >= 0.6 is 0 Å². The molecule has 1 aromatic heterocycles. The summed E-state index contributed by atoms with van der Waals surface area (Å²) in [6.07, 6.45) is 2.48. The van der Waals surface area contributed by atoms with Crippen molar-refractivity contribution in [2.75, 3.05) is 6.61 Å². The number of H-pyrrole nitrogens is 1. The van der Waals surface area contributed by atoms with Gasteiger partial charge < -0.3 is 9.72 Å². The standard InChI is InChI=1S/C15H13NO3/c1-2-19-14(18)8-4-6-11-5-3-7-13-15(11)12(10-17)9-16-13/h3,5,7,9-10,16H,2,8H2,1H3. The molecule has 4 heteroatoms. The van der Waals surface area contributed by atoms with E-state index in [1.165, 1.54) is 0 Å². The first-order valence-corrected chi connectivity index (χ1v) is 5.96. The van der Waals surface area contributed by atoms with E-state index in [0.29, 0.717) is 12.2 Å². The van der Waals surface area contributed by atoms with Gasteiger partial charge in [0.15, 0.2) is 6.29 Å². The Balaban J connectivity index is 2.30. The Morgan fingerprint density at radius 2 is 2.32 bits per heavy atom. The van der Waals surface area contributed by atoms with E-state index in [4.69, 9.17) is 4.74 Å². The topological polar surface area (TPSA) is 59.2 Å². The van der Waals surface area contributed by atoms with Crippen LogP contribution < -0.4 is 0 Å². The molecule has 4 nitrogen and oxygen atoms in total. The summed E-state index contributed by atoms with van der Waals surface area (Å²) in [5.74, 6) is 5.33. The van der Waals surface area contributed by atoms with Crippen LogP contribution in [0.2, 0.25) is 0 Å². The zero-order valence-corrected chi connectivity index (χ0v) is 10.5. The minimum absolute atomic E-state index is 0.0467. The van der Waals surface area contributed by atoms with E-state index < -0.39 is 0 Å².